The number of nitrogens with zero attached hydrogens (tertiary/aromatic N) is 1. The molecule has 1 aliphatic heterocycles. The van der Waals surface area contributed by atoms with Crippen molar-refractivity contribution in [3.63, 3.8) is 0 Å². The minimum atomic E-state index is -3.16. The summed E-state index contributed by atoms with van der Waals surface area (Å²) in [4.78, 5) is 12.1. The zero-order valence-electron chi connectivity index (χ0n) is 13.6. The average Bonchev–Trinajstić information content (AvgIpc) is 2.49. The molecule has 9 heteroatoms. The van der Waals surface area contributed by atoms with Crippen LogP contribution in [0, 0.1) is 0 Å². The summed E-state index contributed by atoms with van der Waals surface area (Å²) in [5.41, 5.74) is 0.853. The van der Waals surface area contributed by atoms with Gasteiger partial charge in [0.1, 0.15) is 0 Å². The van der Waals surface area contributed by atoms with Crippen molar-refractivity contribution in [3.8, 4) is 0 Å². The van der Waals surface area contributed by atoms with Crippen molar-refractivity contribution < 1.29 is 13.2 Å². The summed E-state index contributed by atoms with van der Waals surface area (Å²) in [6, 6.07) is 4.67. The van der Waals surface area contributed by atoms with Gasteiger partial charge in [-0.3, -0.25) is 0 Å². The molecule has 1 atom stereocenters. The standard InChI is InChI=1S/C15H21Cl2N3O3S/c1-10(11-3-4-13(16)14(17)9-11)18-15(21)19-12-5-7-20(8-6-12)24(2,22)23/h3-4,9-10,12H,5-8H2,1-2H3,(H2,18,19,21)/t10-/m1/s1. The van der Waals surface area contributed by atoms with Crippen molar-refractivity contribution in [2.45, 2.75) is 31.8 Å². The number of sulfonamides is 1. The third kappa shape index (κ3) is 5.24. The van der Waals surface area contributed by atoms with Gasteiger partial charge in [0.2, 0.25) is 10.0 Å². The number of carbonyl (C=O) groups is 1. The number of halogens is 2. The number of amides is 2. The van der Waals surface area contributed by atoms with Gasteiger partial charge in [-0.2, -0.15) is 0 Å². The molecule has 0 spiro atoms. The first-order valence-corrected chi connectivity index (χ1v) is 10.2. The van der Waals surface area contributed by atoms with Gasteiger partial charge in [0.25, 0.3) is 0 Å². The summed E-state index contributed by atoms with van der Waals surface area (Å²) in [6.45, 7) is 2.70. The van der Waals surface area contributed by atoms with E-state index in [-0.39, 0.29) is 18.1 Å². The summed E-state index contributed by atoms with van der Waals surface area (Å²) in [6.07, 6.45) is 2.40. The topological polar surface area (TPSA) is 78.5 Å². The van der Waals surface area contributed by atoms with Crippen molar-refractivity contribution in [2.75, 3.05) is 19.3 Å². The van der Waals surface area contributed by atoms with Crippen LogP contribution in [0.2, 0.25) is 10.0 Å². The molecule has 134 valence electrons. The molecule has 1 aliphatic rings. The fourth-order valence-corrected chi connectivity index (χ4v) is 3.80. The molecule has 0 aromatic heterocycles. The van der Waals surface area contributed by atoms with Gasteiger partial charge in [0, 0.05) is 19.1 Å². The fourth-order valence-electron chi connectivity index (χ4n) is 2.62. The second-order valence-electron chi connectivity index (χ2n) is 5.95. The minimum absolute atomic E-state index is 0.0380. The zero-order valence-corrected chi connectivity index (χ0v) is 15.9. The Labute approximate surface area is 152 Å². The molecule has 0 radical (unpaired) electrons. The maximum absolute atomic E-state index is 12.1. The SMILES string of the molecule is C[C@@H](NC(=O)NC1CCN(S(C)(=O)=O)CC1)c1ccc(Cl)c(Cl)c1. The highest BCUT2D eigenvalue weighted by Crippen LogP contribution is 2.25. The van der Waals surface area contributed by atoms with E-state index in [9.17, 15) is 13.2 Å². The highest BCUT2D eigenvalue weighted by molar-refractivity contribution is 7.88. The second-order valence-corrected chi connectivity index (χ2v) is 8.75. The van der Waals surface area contributed by atoms with Crippen LogP contribution in [-0.2, 0) is 10.0 Å². The molecule has 1 fully saturated rings. The van der Waals surface area contributed by atoms with Crippen molar-refractivity contribution in [1.82, 2.24) is 14.9 Å². The van der Waals surface area contributed by atoms with Crippen LogP contribution >= 0.6 is 23.2 Å². The Kier molecular flexibility index (Phi) is 6.36. The van der Waals surface area contributed by atoms with Crippen LogP contribution in [0.15, 0.2) is 18.2 Å². The Bertz CT molecular complexity index is 704. The molecule has 0 bridgehead atoms. The van der Waals surface area contributed by atoms with E-state index < -0.39 is 10.0 Å². The number of nitrogens with one attached hydrogen (secondary N) is 2. The lowest BCUT2D eigenvalue weighted by Gasteiger charge is -2.31. The second kappa shape index (κ2) is 7.91. The number of benzene rings is 1. The third-order valence-electron chi connectivity index (χ3n) is 4.05. The van der Waals surface area contributed by atoms with Crippen LogP contribution in [0.25, 0.3) is 0 Å². The van der Waals surface area contributed by atoms with Gasteiger partial charge in [-0.25, -0.2) is 17.5 Å². The van der Waals surface area contributed by atoms with Crippen molar-refractivity contribution in [3.05, 3.63) is 33.8 Å². The predicted octanol–water partition coefficient (Wildman–Crippen LogP) is 2.78. The molecule has 2 N–H and O–H groups in total. The Morgan fingerprint density at radius 3 is 2.42 bits per heavy atom. The summed E-state index contributed by atoms with van der Waals surface area (Å²) in [5, 5.41) is 6.64. The lowest BCUT2D eigenvalue weighted by atomic mass is 10.1. The predicted molar refractivity (Wildman–Crippen MR) is 96.0 cm³/mol. The van der Waals surface area contributed by atoms with E-state index >= 15 is 0 Å². The largest absolute Gasteiger partial charge is 0.335 e. The Balaban J connectivity index is 1.84. The van der Waals surface area contributed by atoms with Crippen molar-refractivity contribution in [2.24, 2.45) is 0 Å². The van der Waals surface area contributed by atoms with Crippen LogP contribution in [0.4, 0.5) is 4.79 Å². The lowest BCUT2D eigenvalue weighted by molar-refractivity contribution is 0.225. The van der Waals surface area contributed by atoms with Crippen LogP contribution in [-0.4, -0.2) is 44.1 Å². The molecule has 0 unspecified atom stereocenters. The highest BCUT2D eigenvalue weighted by Gasteiger charge is 2.26. The van der Waals surface area contributed by atoms with Crippen LogP contribution in [0.1, 0.15) is 31.4 Å². The fraction of sp³-hybridized carbons (Fsp3) is 0.533. The van der Waals surface area contributed by atoms with Gasteiger partial charge in [-0.05, 0) is 37.5 Å². The maximum atomic E-state index is 12.1. The number of urea groups is 1. The summed E-state index contributed by atoms with van der Waals surface area (Å²) in [5.74, 6) is 0. The summed E-state index contributed by atoms with van der Waals surface area (Å²) in [7, 11) is -3.16. The first kappa shape index (κ1) is 19.3. The summed E-state index contributed by atoms with van der Waals surface area (Å²) >= 11 is 11.9. The lowest BCUT2D eigenvalue weighted by Crippen LogP contribution is -2.49. The van der Waals surface area contributed by atoms with Gasteiger partial charge in [-0.1, -0.05) is 29.3 Å². The van der Waals surface area contributed by atoms with E-state index in [0.29, 0.717) is 36.0 Å². The quantitative estimate of drug-likeness (QED) is 0.825. The molecule has 1 heterocycles. The number of hydrogen-bond acceptors (Lipinski definition) is 3. The van der Waals surface area contributed by atoms with E-state index in [1.807, 2.05) is 13.0 Å². The number of hydrogen-bond donors (Lipinski definition) is 2. The smallest absolute Gasteiger partial charge is 0.315 e. The number of carbonyl (C=O) groups excluding carboxylic acids is 1. The van der Waals surface area contributed by atoms with E-state index in [1.165, 1.54) is 10.6 Å². The third-order valence-corrected chi connectivity index (χ3v) is 6.09. The average molecular weight is 394 g/mol. The maximum Gasteiger partial charge on any atom is 0.315 e. The van der Waals surface area contributed by atoms with E-state index in [4.69, 9.17) is 23.2 Å². The first-order chi connectivity index (χ1) is 11.2. The first-order valence-electron chi connectivity index (χ1n) is 7.64. The molecule has 1 aromatic carbocycles. The highest BCUT2D eigenvalue weighted by atomic mass is 35.5. The number of piperidine rings is 1. The normalized spacial score (nSPS) is 18.2. The van der Waals surface area contributed by atoms with Crippen molar-refractivity contribution >= 4 is 39.3 Å². The molecule has 2 amide bonds. The molecule has 0 saturated carbocycles. The molecule has 2 rings (SSSR count). The van der Waals surface area contributed by atoms with E-state index in [0.717, 1.165) is 5.56 Å². The Hall–Kier alpha value is -1.02. The molecular weight excluding hydrogens is 373 g/mol. The van der Waals surface area contributed by atoms with Gasteiger partial charge < -0.3 is 10.6 Å². The molecule has 1 saturated heterocycles. The summed E-state index contributed by atoms with van der Waals surface area (Å²) < 4.78 is 24.4. The molecule has 1 aromatic rings. The van der Waals surface area contributed by atoms with E-state index in [2.05, 4.69) is 10.6 Å². The zero-order chi connectivity index (χ0) is 17.9. The van der Waals surface area contributed by atoms with Crippen LogP contribution in [0.5, 0.6) is 0 Å². The molecule has 24 heavy (non-hydrogen) atoms. The number of rotatable bonds is 4. The van der Waals surface area contributed by atoms with E-state index in [1.54, 1.807) is 12.1 Å². The molecule has 6 nitrogen and oxygen atoms in total. The van der Waals surface area contributed by atoms with Gasteiger partial charge >= 0.3 is 6.03 Å². The molecule has 0 aliphatic carbocycles. The van der Waals surface area contributed by atoms with Crippen molar-refractivity contribution in [1.29, 1.82) is 0 Å². The minimum Gasteiger partial charge on any atom is -0.335 e. The van der Waals surface area contributed by atoms with Gasteiger partial charge in [-0.15, -0.1) is 0 Å². The molecular formula is C15H21Cl2N3O3S. The van der Waals surface area contributed by atoms with Crippen LogP contribution in [0.3, 0.4) is 0 Å². The Morgan fingerprint density at radius 1 is 1.25 bits per heavy atom. The van der Waals surface area contributed by atoms with Gasteiger partial charge in [0.05, 0.1) is 22.3 Å². The Morgan fingerprint density at radius 2 is 1.88 bits per heavy atom. The van der Waals surface area contributed by atoms with Gasteiger partial charge in [0.15, 0.2) is 0 Å². The monoisotopic (exact) mass is 393 g/mol. The van der Waals surface area contributed by atoms with Crippen LogP contribution < -0.4 is 10.6 Å².